The van der Waals surface area contributed by atoms with Gasteiger partial charge in [-0.15, -0.1) is 0 Å². The molecule has 0 amide bonds. The molecule has 1 aliphatic rings. The van der Waals surface area contributed by atoms with E-state index < -0.39 is 41.7 Å². The van der Waals surface area contributed by atoms with Crippen molar-refractivity contribution in [2.45, 2.75) is 44.3 Å². The van der Waals surface area contributed by atoms with Gasteiger partial charge < -0.3 is 14.9 Å². The van der Waals surface area contributed by atoms with E-state index in [0.29, 0.717) is 4.57 Å². The SMILES string of the molecule is Cc1cn(C2OC(C(C)O)C(O)C2(F)F)c(=O)[nH]c1=O. The zero-order chi connectivity index (χ0) is 15.2. The summed E-state index contributed by atoms with van der Waals surface area (Å²) >= 11 is 0. The zero-order valence-corrected chi connectivity index (χ0v) is 10.7. The molecule has 9 heteroatoms. The first-order valence-electron chi connectivity index (χ1n) is 5.87. The van der Waals surface area contributed by atoms with Gasteiger partial charge in [-0.1, -0.05) is 0 Å². The maximum absolute atomic E-state index is 14.0. The van der Waals surface area contributed by atoms with Crippen LogP contribution in [-0.4, -0.2) is 44.0 Å². The molecule has 1 aliphatic heterocycles. The molecule has 0 saturated carbocycles. The summed E-state index contributed by atoms with van der Waals surface area (Å²) < 4.78 is 33.4. The number of rotatable bonds is 2. The maximum Gasteiger partial charge on any atom is 0.330 e. The Morgan fingerprint density at radius 3 is 2.60 bits per heavy atom. The lowest BCUT2D eigenvalue weighted by Gasteiger charge is -2.21. The number of alkyl halides is 2. The average molecular weight is 292 g/mol. The number of halogens is 2. The molecule has 0 bridgehead atoms. The van der Waals surface area contributed by atoms with E-state index in [1.54, 1.807) is 0 Å². The summed E-state index contributed by atoms with van der Waals surface area (Å²) in [5.41, 5.74) is -1.73. The lowest BCUT2D eigenvalue weighted by molar-refractivity contribution is -0.141. The number of nitrogens with zero attached hydrogens (tertiary/aromatic N) is 1. The van der Waals surface area contributed by atoms with Crippen LogP contribution in [0.5, 0.6) is 0 Å². The van der Waals surface area contributed by atoms with Gasteiger partial charge in [0.25, 0.3) is 5.56 Å². The van der Waals surface area contributed by atoms with Crippen molar-refractivity contribution in [3.63, 3.8) is 0 Å². The highest BCUT2D eigenvalue weighted by Crippen LogP contribution is 2.42. The maximum atomic E-state index is 14.0. The number of nitrogens with one attached hydrogen (secondary N) is 1. The molecule has 1 aromatic heterocycles. The first-order valence-corrected chi connectivity index (χ1v) is 5.87. The number of ether oxygens (including phenoxy) is 1. The van der Waals surface area contributed by atoms with Crippen LogP contribution in [0.1, 0.15) is 18.7 Å². The van der Waals surface area contributed by atoms with Crippen LogP contribution in [0.15, 0.2) is 15.8 Å². The summed E-state index contributed by atoms with van der Waals surface area (Å²) in [6, 6.07) is 0. The number of hydrogen-bond donors (Lipinski definition) is 3. The normalized spacial score (nSPS) is 30.4. The minimum atomic E-state index is -3.78. The number of aliphatic hydroxyl groups excluding tert-OH is 2. The summed E-state index contributed by atoms with van der Waals surface area (Å²) in [6.45, 7) is 2.53. The summed E-state index contributed by atoms with van der Waals surface area (Å²) in [4.78, 5) is 24.7. The molecule has 20 heavy (non-hydrogen) atoms. The Bertz CT molecular complexity index is 624. The Hall–Kier alpha value is -1.58. The molecule has 4 unspecified atom stereocenters. The lowest BCUT2D eigenvalue weighted by Crippen LogP contribution is -2.44. The third-order valence-electron chi connectivity index (χ3n) is 3.19. The first kappa shape index (κ1) is 14.8. The third-order valence-corrected chi connectivity index (χ3v) is 3.19. The second-order valence-corrected chi connectivity index (χ2v) is 4.79. The summed E-state index contributed by atoms with van der Waals surface area (Å²) in [6.07, 6.45) is -6.31. The van der Waals surface area contributed by atoms with Gasteiger partial charge in [-0.25, -0.2) is 4.79 Å². The number of hydrogen-bond acceptors (Lipinski definition) is 5. The van der Waals surface area contributed by atoms with Crippen LogP contribution in [0.4, 0.5) is 8.78 Å². The molecule has 2 heterocycles. The largest absolute Gasteiger partial charge is 0.391 e. The van der Waals surface area contributed by atoms with E-state index >= 15 is 0 Å². The minimum Gasteiger partial charge on any atom is -0.391 e. The smallest absolute Gasteiger partial charge is 0.330 e. The van der Waals surface area contributed by atoms with Crippen LogP contribution < -0.4 is 11.2 Å². The topological polar surface area (TPSA) is 105 Å². The van der Waals surface area contributed by atoms with E-state index in [0.717, 1.165) is 6.20 Å². The molecule has 1 saturated heterocycles. The molecule has 0 radical (unpaired) electrons. The highest BCUT2D eigenvalue weighted by atomic mass is 19.3. The zero-order valence-electron chi connectivity index (χ0n) is 10.7. The van der Waals surface area contributed by atoms with Crippen molar-refractivity contribution >= 4 is 0 Å². The molecular formula is C11H14F2N2O5. The van der Waals surface area contributed by atoms with Gasteiger partial charge in [0.15, 0.2) is 6.10 Å². The van der Waals surface area contributed by atoms with Gasteiger partial charge in [0, 0.05) is 11.8 Å². The molecule has 1 fully saturated rings. The molecule has 0 aromatic carbocycles. The Labute approximate surface area is 111 Å². The molecule has 7 nitrogen and oxygen atoms in total. The Kier molecular flexibility index (Phi) is 3.53. The van der Waals surface area contributed by atoms with Crippen LogP contribution in [0.2, 0.25) is 0 Å². The van der Waals surface area contributed by atoms with Crippen LogP contribution in [0.3, 0.4) is 0 Å². The van der Waals surface area contributed by atoms with Crippen LogP contribution in [0.25, 0.3) is 0 Å². The number of aromatic nitrogens is 2. The lowest BCUT2D eigenvalue weighted by atomic mass is 10.1. The molecular weight excluding hydrogens is 278 g/mol. The van der Waals surface area contributed by atoms with Gasteiger partial charge in [-0.3, -0.25) is 14.3 Å². The van der Waals surface area contributed by atoms with Crippen LogP contribution in [0, 0.1) is 6.92 Å². The summed E-state index contributed by atoms with van der Waals surface area (Å²) in [5, 5.41) is 18.8. The van der Waals surface area contributed by atoms with Crippen molar-refractivity contribution in [2.75, 3.05) is 0 Å². The second-order valence-electron chi connectivity index (χ2n) is 4.79. The monoisotopic (exact) mass is 292 g/mol. The van der Waals surface area contributed by atoms with E-state index in [1.807, 2.05) is 4.98 Å². The fourth-order valence-corrected chi connectivity index (χ4v) is 2.07. The molecule has 4 atom stereocenters. The molecule has 3 N–H and O–H groups in total. The van der Waals surface area contributed by atoms with E-state index in [4.69, 9.17) is 4.74 Å². The second kappa shape index (κ2) is 4.76. The van der Waals surface area contributed by atoms with Gasteiger partial charge in [-0.2, -0.15) is 8.78 Å². The van der Waals surface area contributed by atoms with Crippen LogP contribution in [-0.2, 0) is 4.74 Å². The van der Waals surface area contributed by atoms with Gasteiger partial charge in [0.2, 0.25) is 6.23 Å². The predicted octanol–water partition coefficient (Wildman–Crippen LogP) is -0.881. The van der Waals surface area contributed by atoms with Crippen molar-refractivity contribution < 1.29 is 23.7 Å². The van der Waals surface area contributed by atoms with Gasteiger partial charge in [0.1, 0.15) is 6.10 Å². The van der Waals surface area contributed by atoms with Crippen LogP contribution >= 0.6 is 0 Å². The van der Waals surface area contributed by atoms with Gasteiger partial charge in [0.05, 0.1) is 6.10 Å². The van der Waals surface area contributed by atoms with E-state index in [9.17, 15) is 28.6 Å². The number of H-pyrrole nitrogens is 1. The number of aryl methyl sites for hydroxylation is 1. The molecule has 0 aliphatic carbocycles. The fraction of sp³-hybridized carbons (Fsp3) is 0.636. The molecule has 2 rings (SSSR count). The Balaban J connectivity index is 2.51. The third kappa shape index (κ3) is 2.17. The highest BCUT2D eigenvalue weighted by Gasteiger charge is 2.60. The van der Waals surface area contributed by atoms with E-state index in [2.05, 4.69) is 0 Å². The standard InChI is InChI=1S/C11H14F2N2O5/c1-4-3-15(10(19)14-8(4)18)9-11(12,13)7(17)6(20-9)5(2)16/h3,5-7,9,16-17H,1-2H3,(H,14,18,19). The van der Waals surface area contributed by atoms with Crippen molar-refractivity contribution in [1.82, 2.24) is 9.55 Å². The quantitative estimate of drug-likeness (QED) is 0.656. The minimum absolute atomic E-state index is 0.0407. The fourth-order valence-electron chi connectivity index (χ4n) is 2.07. The summed E-state index contributed by atoms with van der Waals surface area (Å²) in [7, 11) is 0. The average Bonchev–Trinajstić information content (AvgIpc) is 2.56. The number of aromatic amines is 1. The Morgan fingerprint density at radius 1 is 1.50 bits per heavy atom. The van der Waals surface area contributed by atoms with Crippen molar-refractivity contribution in [2.24, 2.45) is 0 Å². The van der Waals surface area contributed by atoms with Crippen molar-refractivity contribution in [1.29, 1.82) is 0 Å². The van der Waals surface area contributed by atoms with E-state index in [-0.39, 0.29) is 5.56 Å². The first-order chi connectivity index (χ1) is 9.16. The summed E-state index contributed by atoms with van der Waals surface area (Å²) in [5.74, 6) is -3.78. The van der Waals surface area contributed by atoms with Gasteiger partial charge in [-0.05, 0) is 13.8 Å². The highest BCUT2D eigenvalue weighted by molar-refractivity contribution is 5.05. The van der Waals surface area contributed by atoms with Crippen molar-refractivity contribution in [3.05, 3.63) is 32.6 Å². The molecule has 112 valence electrons. The van der Waals surface area contributed by atoms with Gasteiger partial charge >= 0.3 is 11.6 Å². The number of aliphatic hydroxyl groups is 2. The molecule has 0 spiro atoms. The molecule has 1 aromatic rings. The predicted molar refractivity (Wildman–Crippen MR) is 62.6 cm³/mol. The van der Waals surface area contributed by atoms with E-state index in [1.165, 1.54) is 13.8 Å². The van der Waals surface area contributed by atoms with Crippen molar-refractivity contribution in [3.8, 4) is 0 Å². The Morgan fingerprint density at radius 2 is 2.10 bits per heavy atom.